The van der Waals surface area contributed by atoms with Gasteiger partial charge in [-0.15, -0.1) is 0 Å². The highest BCUT2D eigenvalue weighted by Crippen LogP contribution is 2.51. The van der Waals surface area contributed by atoms with Crippen LogP contribution >= 0.6 is 0 Å². The molecule has 5 nitrogen and oxygen atoms in total. The molecule has 1 aliphatic carbocycles. The number of pyridine rings is 1. The first-order chi connectivity index (χ1) is 12.3. The molecule has 0 amide bonds. The molecule has 2 aromatic rings. The smallest absolute Gasteiger partial charge is 0.455 e. The van der Waals surface area contributed by atoms with E-state index in [1.807, 2.05) is 0 Å². The Morgan fingerprint density at radius 3 is 2.52 bits per heavy atom. The molecule has 0 bridgehead atoms. The zero-order valence-electron chi connectivity index (χ0n) is 13.6. The van der Waals surface area contributed by atoms with E-state index in [-0.39, 0.29) is 11.5 Å². The molecule has 1 aliphatic rings. The van der Waals surface area contributed by atoms with E-state index in [0.717, 1.165) is 6.07 Å². The van der Waals surface area contributed by atoms with Gasteiger partial charge < -0.3 is 9.84 Å². The predicted octanol–water partition coefficient (Wildman–Crippen LogP) is 3.70. The molecule has 0 saturated carbocycles. The lowest BCUT2D eigenvalue weighted by atomic mass is 10.1. The Hall–Kier alpha value is -2.27. The molecule has 146 valence electrons. The topological polar surface area (TPSA) is 76.5 Å². The zero-order valence-corrected chi connectivity index (χ0v) is 14.4. The minimum Gasteiger partial charge on any atom is -0.455 e. The number of halogens is 5. The van der Waals surface area contributed by atoms with Crippen LogP contribution in [-0.2, 0) is 16.3 Å². The van der Waals surface area contributed by atoms with E-state index >= 15 is 0 Å². The van der Waals surface area contributed by atoms with Crippen LogP contribution in [0, 0.1) is 6.92 Å². The van der Waals surface area contributed by atoms with Crippen LogP contribution in [0.2, 0.25) is 0 Å². The van der Waals surface area contributed by atoms with Gasteiger partial charge in [-0.25, -0.2) is 17.2 Å². The minimum atomic E-state index is -5.94. The first-order valence-electron chi connectivity index (χ1n) is 7.47. The van der Waals surface area contributed by atoms with Gasteiger partial charge in [0.2, 0.25) is 0 Å². The maximum Gasteiger partial charge on any atom is 0.501 e. The van der Waals surface area contributed by atoms with E-state index in [1.165, 1.54) is 18.5 Å². The molecule has 0 spiro atoms. The quantitative estimate of drug-likeness (QED) is 0.783. The van der Waals surface area contributed by atoms with Crippen molar-refractivity contribution in [3.8, 4) is 11.5 Å². The number of aliphatic hydroxyl groups excluding tert-OH is 1. The molecule has 1 aromatic heterocycles. The first-order valence-corrected chi connectivity index (χ1v) is 8.95. The number of ether oxygens (including phenoxy) is 1. The van der Waals surface area contributed by atoms with Gasteiger partial charge in [0.25, 0.3) is 15.8 Å². The van der Waals surface area contributed by atoms with E-state index < -0.39 is 49.8 Å². The molecule has 0 saturated heterocycles. The third-order valence-electron chi connectivity index (χ3n) is 4.03. The number of nitrogens with zero attached hydrogens (tertiary/aromatic N) is 1. The molecule has 1 aromatic carbocycles. The molecule has 0 aliphatic heterocycles. The van der Waals surface area contributed by atoms with Crippen LogP contribution in [0.1, 0.15) is 22.8 Å². The number of rotatable bonds is 3. The number of alkyl halides is 5. The third kappa shape index (κ3) is 3.25. The second-order valence-electron chi connectivity index (χ2n) is 6.04. The molecule has 1 N–H and O–H groups in total. The summed E-state index contributed by atoms with van der Waals surface area (Å²) in [6.45, 7) is 1.68. The molecule has 0 radical (unpaired) electrons. The lowest BCUT2D eigenvalue weighted by Gasteiger charge is -2.17. The van der Waals surface area contributed by atoms with E-state index in [4.69, 9.17) is 4.74 Å². The van der Waals surface area contributed by atoms with Crippen molar-refractivity contribution in [3.05, 3.63) is 47.3 Å². The maximum atomic E-state index is 14.0. The van der Waals surface area contributed by atoms with Crippen molar-refractivity contribution in [2.75, 3.05) is 0 Å². The number of fused-ring (bicyclic) bond motifs is 1. The number of aliphatic hydroxyl groups is 1. The van der Waals surface area contributed by atoms with Gasteiger partial charge >= 0.3 is 5.51 Å². The molecule has 1 atom stereocenters. The van der Waals surface area contributed by atoms with Crippen molar-refractivity contribution < 1.29 is 40.2 Å². The molecule has 0 unspecified atom stereocenters. The van der Waals surface area contributed by atoms with Crippen molar-refractivity contribution in [1.29, 1.82) is 0 Å². The Balaban J connectivity index is 2.19. The Kier molecular flexibility index (Phi) is 4.42. The average Bonchev–Trinajstić information content (AvgIpc) is 2.77. The number of hydrogen-bond acceptors (Lipinski definition) is 5. The summed E-state index contributed by atoms with van der Waals surface area (Å²) in [7, 11) is -5.94. The van der Waals surface area contributed by atoms with E-state index in [2.05, 4.69) is 4.98 Å². The SMILES string of the molecule is Cc1cncc(Oc2ccc(S(=O)(=O)C(F)(F)F)c3c2CC(F)(F)[C@H]3O)c1. The number of hydrogen-bond donors (Lipinski definition) is 1. The maximum absolute atomic E-state index is 14.0. The minimum absolute atomic E-state index is 0.119. The summed E-state index contributed by atoms with van der Waals surface area (Å²) in [5.74, 6) is -4.01. The fourth-order valence-electron chi connectivity index (χ4n) is 2.81. The molecular weight excluding hydrogens is 397 g/mol. The van der Waals surface area contributed by atoms with Crippen molar-refractivity contribution in [1.82, 2.24) is 4.98 Å². The zero-order chi connectivity index (χ0) is 20.2. The lowest BCUT2D eigenvalue weighted by Crippen LogP contribution is -2.26. The van der Waals surface area contributed by atoms with Gasteiger partial charge in [-0.1, -0.05) is 0 Å². The molecule has 1 heterocycles. The number of benzene rings is 1. The Morgan fingerprint density at radius 2 is 1.93 bits per heavy atom. The van der Waals surface area contributed by atoms with Crippen LogP contribution in [0.5, 0.6) is 11.5 Å². The second-order valence-corrected chi connectivity index (χ2v) is 7.95. The van der Waals surface area contributed by atoms with E-state index in [1.54, 1.807) is 6.92 Å². The predicted molar refractivity (Wildman–Crippen MR) is 82.3 cm³/mol. The summed E-state index contributed by atoms with van der Waals surface area (Å²) >= 11 is 0. The Bertz CT molecular complexity index is 1000. The largest absolute Gasteiger partial charge is 0.501 e. The summed E-state index contributed by atoms with van der Waals surface area (Å²) in [4.78, 5) is 2.43. The highest BCUT2D eigenvalue weighted by Gasteiger charge is 2.55. The third-order valence-corrected chi connectivity index (χ3v) is 5.58. The van der Waals surface area contributed by atoms with Crippen LogP contribution < -0.4 is 4.74 Å². The number of aryl methyl sites for hydroxylation is 1. The van der Waals surface area contributed by atoms with Gasteiger partial charge in [-0.2, -0.15) is 13.2 Å². The van der Waals surface area contributed by atoms with E-state index in [0.29, 0.717) is 11.6 Å². The van der Waals surface area contributed by atoms with Crippen molar-refractivity contribution in [3.63, 3.8) is 0 Å². The number of sulfone groups is 1. The lowest BCUT2D eigenvalue weighted by molar-refractivity contribution is -0.0978. The van der Waals surface area contributed by atoms with Gasteiger partial charge in [0.15, 0.2) is 0 Å². The molecule has 11 heteroatoms. The first kappa shape index (κ1) is 19.5. The van der Waals surface area contributed by atoms with Crippen LogP contribution in [0.25, 0.3) is 0 Å². The van der Waals surface area contributed by atoms with Crippen LogP contribution in [0.3, 0.4) is 0 Å². The second kappa shape index (κ2) is 6.13. The normalized spacial score (nSPS) is 19.0. The standard InChI is InChI=1S/C16H12F5NO4S/c1-8-4-9(7-22-6-8)26-11-2-3-12(27(24,25)16(19,20)21)13-10(11)5-15(17,18)14(13)23/h2-4,6-7,14,23H,5H2,1H3/t14-/m0/s1. The summed E-state index contributed by atoms with van der Waals surface area (Å²) in [5, 5.41) is 9.80. The highest BCUT2D eigenvalue weighted by atomic mass is 32.2. The van der Waals surface area contributed by atoms with Gasteiger partial charge in [-0.05, 0) is 30.7 Å². The van der Waals surface area contributed by atoms with Gasteiger partial charge in [0.1, 0.15) is 17.6 Å². The summed E-state index contributed by atoms with van der Waals surface area (Å²) < 4.78 is 95.6. The van der Waals surface area contributed by atoms with E-state index in [9.17, 15) is 35.5 Å². The fourth-order valence-corrected chi connectivity index (χ4v) is 3.83. The van der Waals surface area contributed by atoms with Crippen molar-refractivity contribution >= 4 is 9.84 Å². The number of aromatic nitrogens is 1. The monoisotopic (exact) mass is 409 g/mol. The highest BCUT2D eigenvalue weighted by molar-refractivity contribution is 7.92. The molecule has 27 heavy (non-hydrogen) atoms. The Morgan fingerprint density at radius 1 is 1.26 bits per heavy atom. The van der Waals surface area contributed by atoms with Crippen molar-refractivity contribution in [2.24, 2.45) is 0 Å². The Labute approximate surface area is 150 Å². The average molecular weight is 409 g/mol. The summed E-state index contributed by atoms with van der Waals surface area (Å²) in [5.41, 5.74) is -6.54. The summed E-state index contributed by atoms with van der Waals surface area (Å²) in [6, 6.07) is 2.86. The van der Waals surface area contributed by atoms with Gasteiger partial charge in [-0.3, -0.25) is 4.98 Å². The van der Waals surface area contributed by atoms with Crippen LogP contribution in [0.15, 0.2) is 35.5 Å². The summed E-state index contributed by atoms with van der Waals surface area (Å²) in [6.07, 6.45) is -1.13. The van der Waals surface area contributed by atoms with Crippen LogP contribution in [-0.4, -0.2) is 29.9 Å². The van der Waals surface area contributed by atoms with Gasteiger partial charge in [0.05, 0.1) is 11.1 Å². The fraction of sp³-hybridized carbons (Fsp3) is 0.312. The van der Waals surface area contributed by atoms with Gasteiger partial charge in [0, 0.05) is 23.7 Å². The van der Waals surface area contributed by atoms with Crippen molar-refractivity contribution in [2.45, 2.75) is 35.8 Å². The molecule has 0 fully saturated rings. The molecular formula is C16H12F5NO4S. The molecule has 3 rings (SSSR count). The van der Waals surface area contributed by atoms with Crippen LogP contribution in [0.4, 0.5) is 22.0 Å².